The number of aliphatic carboxylic acids is 1. The molecule has 5 saturated carbocycles. The third kappa shape index (κ3) is 2.60. The Bertz CT molecular complexity index is 912. The lowest BCUT2D eigenvalue weighted by Crippen LogP contribution is -2.71. The number of carboxylic acids is 1. The molecule has 12 unspecified atom stereocenters. The van der Waals surface area contributed by atoms with Crippen LogP contribution >= 0.6 is 0 Å². The van der Waals surface area contributed by atoms with Crippen molar-refractivity contribution in [2.75, 3.05) is 0 Å². The first-order valence-electron chi connectivity index (χ1n) is 13.9. The van der Waals surface area contributed by atoms with Gasteiger partial charge >= 0.3 is 5.97 Å². The van der Waals surface area contributed by atoms with E-state index < -0.39 is 23.1 Å². The summed E-state index contributed by atoms with van der Waals surface area (Å²) in [5.41, 5.74) is -1.48. The zero-order valence-electron chi connectivity index (χ0n) is 22.1. The second-order valence-electron chi connectivity index (χ2n) is 15.2. The maximum absolute atomic E-state index is 12.8. The van der Waals surface area contributed by atoms with Crippen molar-refractivity contribution in [2.24, 2.45) is 50.7 Å². The summed E-state index contributed by atoms with van der Waals surface area (Å²) in [4.78, 5) is 12.8. The Labute approximate surface area is 205 Å². The molecule has 6 rings (SSSR count). The number of carboxylic acid groups (broad SMARTS) is 1. The predicted molar refractivity (Wildman–Crippen MR) is 129 cm³/mol. The van der Waals surface area contributed by atoms with E-state index in [4.69, 9.17) is 4.74 Å². The fourth-order valence-corrected chi connectivity index (χ4v) is 11.4. The van der Waals surface area contributed by atoms with Crippen LogP contribution in [-0.2, 0) is 9.53 Å². The number of epoxide rings is 1. The molecule has 1 saturated heterocycles. The van der Waals surface area contributed by atoms with E-state index in [-0.39, 0.29) is 51.6 Å². The van der Waals surface area contributed by atoms with Gasteiger partial charge in [0.25, 0.3) is 0 Å². The number of carbonyl (C=O) groups is 1. The van der Waals surface area contributed by atoms with E-state index in [1.807, 2.05) is 6.92 Å². The van der Waals surface area contributed by atoms with E-state index in [9.17, 15) is 20.1 Å². The van der Waals surface area contributed by atoms with Gasteiger partial charge in [0.05, 0.1) is 29.3 Å². The van der Waals surface area contributed by atoms with Crippen LogP contribution in [0, 0.1) is 50.7 Å². The Morgan fingerprint density at radius 3 is 2.21 bits per heavy atom. The number of hydrogen-bond acceptors (Lipinski definition) is 4. The minimum absolute atomic E-state index is 0.0300. The van der Waals surface area contributed by atoms with E-state index >= 15 is 0 Å². The lowest BCUT2D eigenvalue weighted by Gasteiger charge is -2.71. The Hall–Kier alpha value is -0.650. The molecule has 6 fully saturated rings. The molecule has 1 heterocycles. The summed E-state index contributed by atoms with van der Waals surface area (Å²) in [5, 5.41) is 32.7. The largest absolute Gasteiger partial charge is 0.481 e. The van der Waals surface area contributed by atoms with Gasteiger partial charge in [0.2, 0.25) is 0 Å². The van der Waals surface area contributed by atoms with Gasteiger partial charge in [-0.3, -0.25) is 4.79 Å². The second kappa shape index (κ2) is 6.61. The van der Waals surface area contributed by atoms with Crippen LogP contribution < -0.4 is 0 Å². The second-order valence-corrected chi connectivity index (χ2v) is 15.2. The number of aliphatic hydroxyl groups is 2. The zero-order valence-corrected chi connectivity index (χ0v) is 22.1. The summed E-state index contributed by atoms with van der Waals surface area (Å²) in [5.74, 6) is 0.299. The van der Waals surface area contributed by atoms with E-state index in [2.05, 4.69) is 34.6 Å². The number of ether oxygens (including phenoxy) is 1. The van der Waals surface area contributed by atoms with Gasteiger partial charge in [0.15, 0.2) is 0 Å². The summed E-state index contributed by atoms with van der Waals surface area (Å²) in [6.07, 6.45) is 7.68. The molecular weight excluding hydrogens is 428 g/mol. The number of aliphatic hydroxyl groups excluding tert-OH is 1. The highest BCUT2D eigenvalue weighted by atomic mass is 16.6. The van der Waals surface area contributed by atoms with E-state index in [0.29, 0.717) is 12.3 Å². The normalized spacial score (nSPS) is 61.7. The van der Waals surface area contributed by atoms with Crippen molar-refractivity contribution in [3.8, 4) is 0 Å². The van der Waals surface area contributed by atoms with Gasteiger partial charge in [0, 0.05) is 0 Å². The predicted octanol–water partition coefficient (Wildman–Crippen LogP) is 5.03. The molecule has 5 nitrogen and oxygen atoms in total. The number of fused-ring (bicyclic) bond motifs is 10. The van der Waals surface area contributed by atoms with Gasteiger partial charge in [-0.2, -0.15) is 0 Å². The molecule has 3 N–H and O–H groups in total. The van der Waals surface area contributed by atoms with Gasteiger partial charge in [-0.15, -0.1) is 0 Å². The van der Waals surface area contributed by atoms with Crippen LogP contribution in [-0.4, -0.2) is 45.2 Å². The topological polar surface area (TPSA) is 90.3 Å². The van der Waals surface area contributed by atoms with Gasteiger partial charge in [0.1, 0.15) is 0 Å². The molecule has 5 aliphatic carbocycles. The standard InChI is InChI=1S/C29H46O5/c1-24(2)11-13-29(23(31)32)14-12-26(4)19(16(29)15-24)20-21(34-20)22-25(3)9-8-18(30)28(6,33)17(25)7-10-27(22,26)5/h16-22,30,33H,7-15H2,1-6H3,(H,31,32). The lowest BCUT2D eigenvalue weighted by molar-refractivity contribution is -0.260. The molecule has 5 heteroatoms. The molecule has 0 spiro atoms. The van der Waals surface area contributed by atoms with Crippen molar-refractivity contribution in [1.82, 2.24) is 0 Å². The molecule has 0 aromatic rings. The van der Waals surface area contributed by atoms with Gasteiger partial charge in [-0.1, -0.05) is 34.6 Å². The molecule has 6 aliphatic rings. The third-order valence-corrected chi connectivity index (χ3v) is 13.4. The lowest BCUT2D eigenvalue weighted by atomic mass is 9.32. The molecule has 0 amide bonds. The number of rotatable bonds is 1. The Kier molecular flexibility index (Phi) is 4.61. The van der Waals surface area contributed by atoms with Crippen molar-refractivity contribution in [2.45, 2.75) is 123 Å². The fourth-order valence-electron chi connectivity index (χ4n) is 11.4. The molecule has 0 bridgehead atoms. The van der Waals surface area contributed by atoms with E-state index in [0.717, 1.165) is 51.4 Å². The Morgan fingerprint density at radius 1 is 0.853 bits per heavy atom. The van der Waals surface area contributed by atoms with Crippen molar-refractivity contribution >= 4 is 5.97 Å². The van der Waals surface area contributed by atoms with Crippen molar-refractivity contribution in [3.05, 3.63) is 0 Å². The maximum Gasteiger partial charge on any atom is 0.309 e. The first kappa shape index (κ1) is 23.7. The van der Waals surface area contributed by atoms with Crippen LogP contribution in [0.3, 0.4) is 0 Å². The van der Waals surface area contributed by atoms with Gasteiger partial charge in [-0.05, 0) is 110 Å². The van der Waals surface area contributed by atoms with E-state index in [1.165, 1.54) is 0 Å². The van der Waals surface area contributed by atoms with E-state index in [1.54, 1.807) is 0 Å². The minimum Gasteiger partial charge on any atom is -0.481 e. The van der Waals surface area contributed by atoms with Crippen LogP contribution in [0.2, 0.25) is 0 Å². The molecule has 0 aromatic carbocycles. The molecule has 0 aromatic heterocycles. The zero-order chi connectivity index (χ0) is 24.7. The molecule has 192 valence electrons. The minimum atomic E-state index is -1.06. The SMILES string of the molecule is CC1(C)CCC2(C(=O)O)CCC3(C)C(C4OC4C4C5(C)CCC(O)C(C)(O)C5CCC43C)C2C1. The summed E-state index contributed by atoms with van der Waals surface area (Å²) in [6.45, 7) is 13.8. The van der Waals surface area contributed by atoms with Crippen LogP contribution in [0.1, 0.15) is 99.3 Å². The third-order valence-electron chi connectivity index (χ3n) is 13.4. The smallest absolute Gasteiger partial charge is 0.309 e. The Morgan fingerprint density at radius 2 is 1.53 bits per heavy atom. The number of hydrogen-bond donors (Lipinski definition) is 3. The fraction of sp³-hybridized carbons (Fsp3) is 0.966. The molecule has 34 heavy (non-hydrogen) atoms. The average molecular weight is 475 g/mol. The highest BCUT2D eigenvalue weighted by molar-refractivity contribution is 5.75. The molecule has 1 aliphatic heterocycles. The monoisotopic (exact) mass is 474 g/mol. The van der Waals surface area contributed by atoms with Gasteiger partial charge in [-0.25, -0.2) is 0 Å². The summed E-state index contributed by atoms with van der Waals surface area (Å²) in [6, 6.07) is 0. The van der Waals surface area contributed by atoms with Crippen LogP contribution in [0.25, 0.3) is 0 Å². The molecule has 0 radical (unpaired) electrons. The maximum atomic E-state index is 12.8. The highest BCUT2D eigenvalue weighted by Crippen LogP contribution is 2.79. The van der Waals surface area contributed by atoms with Crippen molar-refractivity contribution < 1.29 is 24.9 Å². The first-order chi connectivity index (χ1) is 15.6. The highest BCUT2D eigenvalue weighted by Gasteiger charge is 2.79. The quantitative estimate of drug-likeness (QED) is 0.464. The van der Waals surface area contributed by atoms with Crippen LogP contribution in [0.15, 0.2) is 0 Å². The van der Waals surface area contributed by atoms with Crippen LogP contribution in [0.5, 0.6) is 0 Å². The van der Waals surface area contributed by atoms with Gasteiger partial charge < -0.3 is 20.1 Å². The molecule has 12 atom stereocenters. The van der Waals surface area contributed by atoms with Crippen molar-refractivity contribution in [1.29, 1.82) is 0 Å². The molecular formula is C29H46O5. The first-order valence-corrected chi connectivity index (χ1v) is 13.9. The van der Waals surface area contributed by atoms with Crippen molar-refractivity contribution in [3.63, 3.8) is 0 Å². The summed E-state index contributed by atoms with van der Waals surface area (Å²) >= 11 is 0. The van der Waals surface area contributed by atoms with Crippen LogP contribution in [0.4, 0.5) is 0 Å². The Balaban J connectivity index is 1.44. The average Bonchev–Trinajstić information content (AvgIpc) is 3.49. The summed E-state index contributed by atoms with van der Waals surface area (Å²) in [7, 11) is 0. The summed E-state index contributed by atoms with van der Waals surface area (Å²) < 4.78 is 6.66.